The molecule has 19 heavy (non-hydrogen) atoms. The van der Waals surface area contributed by atoms with Crippen LogP contribution in [0.15, 0.2) is 24.3 Å². The first-order valence-corrected chi connectivity index (χ1v) is 8.05. The molecular weight excluding hydrogens is 265 g/mol. The fourth-order valence-electron chi connectivity index (χ4n) is 1.67. The van der Waals surface area contributed by atoms with Crippen molar-refractivity contribution in [3.63, 3.8) is 0 Å². The van der Waals surface area contributed by atoms with Crippen LogP contribution in [0.3, 0.4) is 0 Å². The molecular formula is C13H22NO4P. The molecule has 0 aromatic heterocycles. The van der Waals surface area contributed by atoms with E-state index in [0.717, 1.165) is 5.75 Å². The molecule has 1 atom stereocenters. The fourth-order valence-corrected chi connectivity index (χ4v) is 3.32. The van der Waals surface area contributed by atoms with Crippen LogP contribution in [0.1, 0.15) is 32.1 Å². The molecule has 0 unspecified atom stereocenters. The van der Waals surface area contributed by atoms with Crippen molar-refractivity contribution in [1.29, 1.82) is 0 Å². The van der Waals surface area contributed by atoms with Gasteiger partial charge in [0.05, 0.1) is 19.8 Å². The number of nitrogens with two attached hydrogens (primary N) is 1. The molecule has 1 aromatic rings. The first-order valence-electron chi connectivity index (χ1n) is 6.44. The molecule has 0 aliphatic carbocycles. The summed E-state index contributed by atoms with van der Waals surface area (Å²) >= 11 is 0. The monoisotopic (exact) mass is 287 g/mol. The van der Waals surface area contributed by atoms with Gasteiger partial charge in [-0.2, -0.15) is 0 Å². The van der Waals surface area contributed by atoms with E-state index in [1.807, 2.05) is 6.92 Å². The summed E-state index contributed by atoms with van der Waals surface area (Å²) in [6.07, 6.45) is 0. The molecule has 0 amide bonds. The lowest BCUT2D eigenvalue weighted by molar-refractivity contribution is 0.212. The van der Waals surface area contributed by atoms with Crippen molar-refractivity contribution in [2.24, 2.45) is 5.73 Å². The number of ether oxygens (including phenoxy) is 1. The number of rotatable bonds is 8. The molecule has 0 saturated heterocycles. The third-order valence-electron chi connectivity index (χ3n) is 2.49. The van der Waals surface area contributed by atoms with E-state index in [2.05, 4.69) is 0 Å². The molecule has 0 fully saturated rings. The lowest BCUT2D eigenvalue weighted by atomic mass is 10.2. The van der Waals surface area contributed by atoms with Gasteiger partial charge in [0.2, 0.25) is 0 Å². The van der Waals surface area contributed by atoms with Crippen LogP contribution in [0.25, 0.3) is 0 Å². The zero-order chi connectivity index (χ0) is 14.3. The minimum Gasteiger partial charge on any atom is -0.494 e. The summed E-state index contributed by atoms with van der Waals surface area (Å²) in [5.41, 5.74) is 6.72. The van der Waals surface area contributed by atoms with Crippen molar-refractivity contribution in [2.45, 2.75) is 26.6 Å². The second kappa shape index (κ2) is 7.65. The molecule has 5 nitrogen and oxygen atoms in total. The molecule has 0 heterocycles. The van der Waals surface area contributed by atoms with Crippen molar-refractivity contribution in [3.05, 3.63) is 29.8 Å². The zero-order valence-corrected chi connectivity index (χ0v) is 12.6. The van der Waals surface area contributed by atoms with E-state index in [9.17, 15) is 4.57 Å². The standard InChI is InChI=1S/C13H22NO4P/c1-4-16-12-9-7-11(8-10-12)13(14)19(15,17-5-2)18-6-3/h7-10,13H,4-6,14H2,1-3H3/t13-/m1/s1. The van der Waals surface area contributed by atoms with Crippen LogP contribution in [-0.2, 0) is 13.6 Å². The Hall–Kier alpha value is -0.870. The zero-order valence-electron chi connectivity index (χ0n) is 11.7. The van der Waals surface area contributed by atoms with E-state index >= 15 is 0 Å². The van der Waals surface area contributed by atoms with Crippen molar-refractivity contribution < 1.29 is 18.3 Å². The third-order valence-corrected chi connectivity index (χ3v) is 4.71. The van der Waals surface area contributed by atoms with E-state index in [-0.39, 0.29) is 0 Å². The molecule has 0 radical (unpaired) electrons. The van der Waals surface area contributed by atoms with E-state index in [1.165, 1.54) is 0 Å². The van der Waals surface area contributed by atoms with Gasteiger partial charge in [-0.05, 0) is 38.5 Å². The van der Waals surface area contributed by atoms with Crippen molar-refractivity contribution in [1.82, 2.24) is 0 Å². The van der Waals surface area contributed by atoms with Crippen LogP contribution < -0.4 is 10.5 Å². The van der Waals surface area contributed by atoms with Gasteiger partial charge >= 0.3 is 7.60 Å². The molecule has 1 aromatic carbocycles. The molecule has 0 bridgehead atoms. The molecule has 2 N–H and O–H groups in total. The maximum atomic E-state index is 12.5. The molecule has 6 heteroatoms. The Balaban J connectivity index is 2.89. The molecule has 0 saturated carbocycles. The van der Waals surface area contributed by atoms with Gasteiger partial charge < -0.3 is 19.5 Å². The summed E-state index contributed by atoms with van der Waals surface area (Å²) in [4.78, 5) is 0. The minimum absolute atomic E-state index is 0.294. The highest BCUT2D eigenvalue weighted by atomic mass is 31.2. The van der Waals surface area contributed by atoms with Crippen molar-refractivity contribution >= 4 is 7.60 Å². The Morgan fingerprint density at radius 2 is 1.58 bits per heavy atom. The van der Waals surface area contributed by atoms with Crippen LogP contribution in [0.5, 0.6) is 5.75 Å². The Kier molecular flexibility index (Phi) is 6.52. The van der Waals surface area contributed by atoms with Crippen LogP contribution in [0, 0.1) is 0 Å². The maximum Gasteiger partial charge on any atom is 0.351 e. The first-order chi connectivity index (χ1) is 9.07. The average molecular weight is 287 g/mol. The van der Waals surface area contributed by atoms with Crippen molar-refractivity contribution in [2.75, 3.05) is 19.8 Å². The maximum absolute atomic E-state index is 12.5. The SMILES string of the molecule is CCOc1ccc([C@H](N)P(=O)(OCC)OCC)cc1. The normalized spacial score (nSPS) is 13.3. The quantitative estimate of drug-likeness (QED) is 0.743. The van der Waals surface area contributed by atoms with Gasteiger partial charge in [-0.15, -0.1) is 0 Å². The predicted molar refractivity (Wildman–Crippen MR) is 75.4 cm³/mol. The smallest absolute Gasteiger partial charge is 0.351 e. The minimum atomic E-state index is -3.33. The summed E-state index contributed by atoms with van der Waals surface area (Å²) in [5, 5.41) is 0. The largest absolute Gasteiger partial charge is 0.494 e. The lowest BCUT2D eigenvalue weighted by Gasteiger charge is -2.23. The van der Waals surface area contributed by atoms with E-state index < -0.39 is 13.4 Å². The summed E-state index contributed by atoms with van der Waals surface area (Å²) in [6, 6.07) is 7.14. The average Bonchev–Trinajstić information content (AvgIpc) is 2.40. The topological polar surface area (TPSA) is 70.8 Å². The summed E-state index contributed by atoms with van der Waals surface area (Å²) in [7, 11) is -3.33. The summed E-state index contributed by atoms with van der Waals surface area (Å²) < 4.78 is 28.4. The van der Waals surface area contributed by atoms with E-state index in [0.29, 0.717) is 25.4 Å². The van der Waals surface area contributed by atoms with Gasteiger partial charge in [0, 0.05) is 0 Å². The van der Waals surface area contributed by atoms with Gasteiger partial charge in [-0.3, -0.25) is 4.57 Å². The number of hydrogen-bond acceptors (Lipinski definition) is 5. The highest BCUT2D eigenvalue weighted by Crippen LogP contribution is 2.58. The van der Waals surface area contributed by atoms with Gasteiger partial charge in [0.1, 0.15) is 11.5 Å². The predicted octanol–water partition coefficient (Wildman–Crippen LogP) is 3.31. The van der Waals surface area contributed by atoms with E-state index in [4.69, 9.17) is 19.5 Å². The highest BCUT2D eigenvalue weighted by molar-refractivity contribution is 7.54. The highest BCUT2D eigenvalue weighted by Gasteiger charge is 2.33. The number of benzene rings is 1. The van der Waals surface area contributed by atoms with Crippen molar-refractivity contribution in [3.8, 4) is 5.75 Å². The van der Waals surface area contributed by atoms with Crippen LogP contribution in [0.4, 0.5) is 0 Å². The van der Waals surface area contributed by atoms with Gasteiger partial charge in [-0.25, -0.2) is 0 Å². The fraction of sp³-hybridized carbons (Fsp3) is 0.538. The van der Waals surface area contributed by atoms with Crippen LogP contribution >= 0.6 is 7.60 Å². The van der Waals surface area contributed by atoms with Gasteiger partial charge in [0.15, 0.2) is 0 Å². The summed E-state index contributed by atoms with van der Waals surface area (Å²) in [5.74, 6) is -0.0378. The molecule has 0 aliphatic rings. The first kappa shape index (κ1) is 16.2. The third kappa shape index (κ3) is 4.32. The van der Waals surface area contributed by atoms with Gasteiger partial charge in [-0.1, -0.05) is 12.1 Å². The molecule has 0 spiro atoms. The Labute approximate surface area is 114 Å². The Morgan fingerprint density at radius 1 is 1.05 bits per heavy atom. The Bertz CT molecular complexity index is 411. The molecule has 0 aliphatic heterocycles. The summed E-state index contributed by atoms with van der Waals surface area (Å²) in [6.45, 7) is 6.62. The lowest BCUT2D eigenvalue weighted by Crippen LogP contribution is -2.15. The van der Waals surface area contributed by atoms with Crippen LogP contribution in [0.2, 0.25) is 0 Å². The van der Waals surface area contributed by atoms with Gasteiger partial charge in [0.25, 0.3) is 0 Å². The molecule has 108 valence electrons. The van der Waals surface area contributed by atoms with Crippen LogP contribution in [-0.4, -0.2) is 19.8 Å². The second-order valence-corrected chi connectivity index (χ2v) is 5.97. The van der Waals surface area contributed by atoms with E-state index in [1.54, 1.807) is 38.1 Å². The number of hydrogen-bond donors (Lipinski definition) is 1. The second-order valence-electron chi connectivity index (χ2n) is 3.82. The Morgan fingerprint density at radius 3 is 2.00 bits per heavy atom. The molecule has 1 rings (SSSR count).